The Balaban J connectivity index is 1.89. The van der Waals surface area contributed by atoms with Crippen molar-refractivity contribution in [1.29, 1.82) is 0 Å². The second-order valence-electron chi connectivity index (χ2n) is 11.6. The Morgan fingerprint density at radius 2 is 1.51 bits per heavy atom. The summed E-state index contributed by atoms with van der Waals surface area (Å²) in [6.45, 7) is 4.00. The van der Waals surface area contributed by atoms with Crippen LogP contribution in [-0.2, 0) is 38.8 Å². The molecule has 0 aromatic heterocycles. The third-order valence-corrected chi connectivity index (χ3v) is 10.2. The molecule has 0 fully saturated rings. The SMILES string of the molecule is Cc1ccc(S(=O)(=O)N(CC(=O)N(Cc2ccc(Cl)cc2Cl)C(Cc2ccccc2)C(=O)NC(C)C)c2ccc(Cl)c(C(F)(F)F)c2)cc1. The van der Waals surface area contributed by atoms with Crippen molar-refractivity contribution >= 4 is 62.3 Å². The molecule has 0 spiro atoms. The van der Waals surface area contributed by atoms with E-state index in [-0.39, 0.29) is 28.9 Å². The minimum absolute atomic E-state index is 0.0280. The monoisotopic (exact) mass is 753 g/mol. The molecule has 4 rings (SSSR count). The van der Waals surface area contributed by atoms with Gasteiger partial charge in [0.25, 0.3) is 10.0 Å². The highest BCUT2D eigenvalue weighted by atomic mass is 35.5. The van der Waals surface area contributed by atoms with Gasteiger partial charge in [0.2, 0.25) is 11.8 Å². The van der Waals surface area contributed by atoms with Gasteiger partial charge >= 0.3 is 6.18 Å². The van der Waals surface area contributed by atoms with E-state index >= 15 is 0 Å². The first kappa shape index (κ1) is 38.0. The Morgan fingerprint density at radius 3 is 2.10 bits per heavy atom. The van der Waals surface area contributed by atoms with Crippen LogP contribution in [0.1, 0.15) is 36.1 Å². The lowest BCUT2D eigenvalue weighted by Crippen LogP contribution is -2.54. The first-order valence-electron chi connectivity index (χ1n) is 15.0. The van der Waals surface area contributed by atoms with Crippen molar-refractivity contribution in [1.82, 2.24) is 10.2 Å². The molecule has 0 saturated heterocycles. The largest absolute Gasteiger partial charge is 0.417 e. The van der Waals surface area contributed by atoms with E-state index < -0.39 is 56.9 Å². The molecule has 1 N–H and O–H groups in total. The minimum atomic E-state index is -4.93. The zero-order valence-electron chi connectivity index (χ0n) is 26.6. The van der Waals surface area contributed by atoms with Gasteiger partial charge in [0.05, 0.1) is 21.2 Å². The summed E-state index contributed by atoms with van der Waals surface area (Å²) in [5.41, 5.74) is 0.0858. The van der Waals surface area contributed by atoms with Crippen LogP contribution in [0.2, 0.25) is 15.1 Å². The fourth-order valence-electron chi connectivity index (χ4n) is 5.02. The Morgan fingerprint density at radius 1 is 0.857 bits per heavy atom. The van der Waals surface area contributed by atoms with Gasteiger partial charge in [0, 0.05) is 29.1 Å². The normalized spacial score (nSPS) is 12.4. The first-order valence-corrected chi connectivity index (χ1v) is 17.6. The van der Waals surface area contributed by atoms with Crippen LogP contribution >= 0.6 is 34.8 Å². The molecule has 0 aliphatic carbocycles. The van der Waals surface area contributed by atoms with Crippen LogP contribution in [0.25, 0.3) is 0 Å². The fraction of sp³-hybridized carbons (Fsp3) is 0.257. The average molecular weight is 755 g/mol. The highest BCUT2D eigenvalue weighted by Gasteiger charge is 2.38. The zero-order chi connectivity index (χ0) is 36.1. The van der Waals surface area contributed by atoms with Gasteiger partial charge in [0.1, 0.15) is 12.6 Å². The van der Waals surface area contributed by atoms with E-state index in [1.807, 2.05) is 0 Å². The fourth-order valence-corrected chi connectivity index (χ4v) is 7.12. The Hall–Kier alpha value is -3.77. The summed E-state index contributed by atoms with van der Waals surface area (Å²) in [7, 11) is -4.65. The third kappa shape index (κ3) is 9.69. The van der Waals surface area contributed by atoms with Gasteiger partial charge in [0.15, 0.2) is 0 Å². The summed E-state index contributed by atoms with van der Waals surface area (Å²) in [5.74, 6) is -1.42. The van der Waals surface area contributed by atoms with Gasteiger partial charge in [-0.25, -0.2) is 8.42 Å². The van der Waals surface area contributed by atoms with Gasteiger partial charge in [-0.2, -0.15) is 13.2 Å². The van der Waals surface area contributed by atoms with Crippen molar-refractivity contribution in [3.05, 3.63) is 128 Å². The standard InChI is InChI=1S/C35H33Cl3F3N3O4S/c1-22(2)42-34(46)32(17-24-7-5-4-6-8-24)43(20-25-11-12-26(36)18-31(25)38)33(45)21-44(49(47,48)28-14-9-23(3)10-15-28)27-13-16-30(37)29(19-27)35(39,40)41/h4-16,18-19,22,32H,17,20-21H2,1-3H3,(H,42,46). The molecule has 0 bridgehead atoms. The van der Waals surface area contributed by atoms with Crippen molar-refractivity contribution in [2.75, 3.05) is 10.8 Å². The van der Waals surface area contributed by atoms with E-state index in [9.17, 15) is 31.2 Å². The molecule has 0 heterocycles. The maximum absolute atomic E-state index is 14.5. The summed E-state index contributed by atoms with van der Waals surface area (Å²) in [6, 6.07) is 20.2. The highest BCUT2D eigenvalue weighted by Crippen LogP contribution is 2.38. The molecule has 14 heteroatoms. The number of carbonyl (C=O) groups excluding carboxylic acids is 2. The molecule has 4 aromatic carbocycles. The molecule has 2 amide bonds. The minimum Gasteiger partial charge on any atom is -0.352 e. The summed E-state index contributed by atoms with van der Waals surface area (Å²) >= 11 is 18.5. The Bertz CT molecular complexity index is 1910. The van der Waals surface area contributed by atoms with E-state index in [1.165, 1.54) is 35.2 Å². The van der Waals surface area contributed by atoms with Crippen molar-refractivity contribution in [2.45, 2.75) is 56.9 Å². The zero-order valence-corrected chi connectivity index (χ0v) is 29.7. The van der Waals surface area contributed by atoms with E-state index in [4.69, 9.17) is 34.8 Å². The van der Waals surface area contributed by atoms with Crippen LogP contribution in [-0.4, -0.2) is 43.8 Å². The number of aryl methyl sites for hydroxylation is 1. The predicted molar refractivity (Wildman–Crippen MR) is 186 cm³/mol. The molecule has 0 aliphatic heterocycles. The summed E-state index contributed by atoms with van der Waals surface area (Å²) in [5, 5.41) is 2.68. The van der Waals surface area contributed by atoms with Crippen LogP contribution in [0.15, 0.2) is 95.9 Å². The number of benzene rings is 4. The molecule has 49 heavy (non-hydrogen) atoms. The number of hydrogen-bond donors (Lipinski definition) is 1. The lowest BCUT2D eigenvalue weighted by Gasteiger charge is -2.34. The number of rotatable bonds is 12. The van der Waals surface area contributed by atoms with Crippen LogP contribution in [0.5, 0.6) is 0 Å². The number of hydrogen-bond acceptors (Lipinski definition) is 4. The summed E-state index contributed by atoms with van der Waals surface area (Å²) in [4.78, 5) is 29.3. The highest BCUT2D eigenvalue weighted by molar-refractivity contribution is 7.92. The third-order valence-electron chi connectivity index (χ3n) is 7.49. The van der Waals surface area contributed by atoms with E-state index in [1.54, 1.807) is 63.2 Å². The summed E-state index contributed by atoms with van der Waals surface area (Å²) < 4.78 is 70.8. The number of sulfonamides is 1. The molecule has 0 saturated carbocycles. The summed E-state index contributed by atoms with van der Waals surface area (Å²) in [6.07, 6.45) is -4.90. The maximum atomic E-state index is 14.5. The van der Waals surface area contributed by atoms with Gasteiger partial charge < -0.3 is 10.2 Å². The predicted octanol–water partition coefficient (Wildman–Crippen LogP) is 8.33. The van der Waals surface area contributed by atoms with Crippen LogP contribution < -0.4 is 9.62 Å². The van der Waals surface area contributed by atoms with Crippen LogP contribution in [0.4, 0.5) is 18.9 Å². The second-order valence-corrected chi connectivity index (χ2v) is 14.7. The molecule has 0 aliphatic rings. The number of amides is 2. The van der Waals surface area contributed by atoms with E-state index in [2.05, 4.69) is 5.32 Å². The number of carbonyl (C=O) groups is 2. The topological polar surface area (TPSA) is 86.8 Å². The number of anilines is 1. The molecular weight excluding hydrogens is 722 g/mol. The Kier molecular flexibility index (Phi) is 12.3. The van der Waals surface area contributed by atoms with Crippen molar-refractivity contribution in [3.63, 3.8) is 0 Å². The van der Waals surface area contributed by atoms with Gasteiger partial charge in [-0.05, 0) is 74.4 Å². The lowest BCUT2D eigenvalue weighted by molar-refractivity contribution is -0.140. The molecule has 1 unspecified atom stereocenters. The maximum Gasteiger partial charge on any atom is 0.417 e. The van der Waals surface area contributed by atoms with Gasteiger partial charge in [-0.1, -0.05) is 88.9 Å². The van der Waals surface area contributed by atoms with Gasteiger partial charge in [-0.15, -0.1) is 0 Å². The molecular formula is C35H33Cl3F3N3O4S. The number of halogens is 6. The second kappa shape index (κ2) is 15.8. The molecule has 1 atom stereocenters. The molecule has 0 radical (unpaired) electrons. The molecule has 4 aromatic rings. The van der Waals surface area contributed by atoms with E-state index in [0.29, 0.717) is 26.5 Å². The smallest absolute Gasteiger partial charge is 0.352 e. The van der Waals surface area contributed by atoms with Crippen molar-refractivity contribution < 1.29 is 31.2 Å². The molecule has 7 nitrogen and oxygen atoms in total. The van der Waals surface area contributed by atoms with Crippen LogP contribution in [0.3, 0.4) is 0 Å². The number of nitrogens with one attached hydrogen (secondary N) is 1. The van der Waals surface area contributed by atoms with Crippen molar-refractivity contribution in [3.8, 4) is 0 Å². The van der Waals surface area contributed by atoms with Crippen LogP contribution in [0, 0.1) is 6.92 Å². The average Bonchev–Trinajstić information content (AvgIpc) is 3.02. The first-order chi connectivity index (χ1) is 23.0. The van der Waals surface area contributed by atoms with Crippen molar-refractivity contribution in [2.24, 2.45) is 0 Å². The Labute approximate surface area is 298 Å². The number of nitrogens with zero attached hydrogens (tertiary/aromatic N) is 2. The lowest BCUT2D eigenvalue weighted by atomic mass is 10.0. The van der Waals surface area contributed by atoms with E-state index in [0.717, 1.165) is 17.7 Å². The van der Waals surface area contributed by atoms with Gasteiger partial charge in [-0.3, -0.25) is 13.9 Å². The molecule has 260 valence electrons. The quantitative estimate of drug-likeness (QED) is 0.158. The number of alkyl halides is 3.